The van der Waals surface area contributed by atoms with E-state index in [4.69, 9.17) is 9.47 Å². The van der Waals surface area contributed by atoms with E-state index in [0.717, 1.165) is 12.8 Å². The van der Waals surface area contributed by atoms with Crippen molar-refractivity contribution in [2.75, 3.05) is 6.61 Å². The molecule has 2 atom stereocenters. The van der Waals surface area contributed by atoms with Gasteiger partial charge in [0.05, 0.1) is 12.7 Å². The SMILES string of the molecule is C=CC[C@H](O)[C@H]1COC2(CCCCC2)O1. The van der Waals surface area contributed by atoms with Gasteiger partial charge in [-0.2, -0.15) is 0 Å². The largest absolute Gasteiger partial charge is 0.390 e. The van der Waals surface area contributed by atoms with Crippen LogP contribution in [0.2, 0.25) is 0 Å². The molecule has 0 amide bonds. The molecular weight excluding hydrogens is 192 g/mol. The molecule has 1 spiro atoms. The second-order valence-corrected chi connectivity index (χ2v) is 4.53. The van der Waals surface area contributed by atoms with Crippen LogP contribution in [-0.4, -0.2) is 29.7 Å². The van der Waals surface area contributed by atoms with Crippen molar-refractivity contribution in [3.05, 3.63) is 12.7 Å². The number of aliphatic hydroxyl groups is 1. The molecule has 0 aromatic carbocycles. The van der Waals surface area contributed by atoms with Gasteiger partial charge in [-0.15, -0.1) is 6.58 Å². The Balaban J connectivity index is 1.90. The average molecular weight is 212 g/mol. The summed E-state index contributed by atoms with van der Waals surface area (Å²) in [5.74, 6) is -0.370. The van der Waals surface area contributed by atoms with Crippen LogP contribution in [0, 0.1) is 0 Å². The number of aliphatic hydroxyl groups excluding tert-OH is 1. The summed E-state index contributed by atoms with van der Waals surface area (Å²) < 4.78 is 11.6. The zero-order chi connectivity index (χ0) is 10.7. The molecule has 1 saturated heterocycles. The summed E-state index contributed by atoms with van der Waals surface area (Å²) in [6.45, 7) is 4.14. The molecular formula is C12H20O3. The quantitative estimate of drug-likeness (QED) is 0.727. The second-order valence-electron chi connectivity index (χ2n) is 4.53. The van der Waals surface area contributed by atoms with Crippen LogP contribution in [0.3, 0.4) is 0 Å². The van der Waals surface area contributed by atoms with E-state index in [1.165, 1.54) is 19.3 Å². The van der Waals surface area contributed by atoms with Crippen LogP contribution in [0.25, 0.3) is 0 Å². The lowest BCUT2D eigenvalue weighted by molar-refractivity contribution is -0.195. The molecule has 2 fully saturated rings. The Kier molecular flexibility index (Phi) is 3.44. The zero-order valence-corrected chi connectivity index (χ0v) is 9.15. The number of ether oxygens (including phenoxy) is 2. The summed E-state index contributed by atoms with van der Waals surface area (Å²) in [5, 5.41) is 9.79. The second kappa shape index (κ2) is 4.64. The summed E-state index contributed by atoms with van der Waals surface area (Å²) in [7, 11) is 0. The van der Waals surface area contributed by atoms with Crippen LogP contribution in [-0.2, 0) is 9.47 Å². The molecule has 2 aliphatic rings. The van der Waals surface area contributed by atoms with Crippen molar-refractivity contribution in [3.63, 3.8) is 0 Å². The highest BCUT2D eigenvalue weighted by molar-refractivity contribution is 4.87. The lowest BCUT2D eigenvalue weighted by Gasteiger charge is -2.32. The van der Waals surface area contributed by atoms with E-state index < -0.39 is 6.10 Å². The summed E-state index contributed by atoms with van der Waals surface area (Å²) in [6.07, 6.45) is 7.23. The van der Waals surface area contributed by atoms with Gasteiger partial charge >= 0.3 is 0 Å². The van der Waals surface area contributed by atoms with Crippen molar-refractivity contribution in [1.82, 2.24) is 0 Å². The molecule has 2 rings (SSSR count). The highest BCUT2D eigenvalue weighted by Gasteiger charge is 2.44. The minimum Gasteiger partial charge on any atom is -0.390 e. The molecule has 86 valence electrons. The van der Waals surface area contributed by atoms with Gasteiger partial charge in [0, 0.05) is 12.8 Å². The normalized spacial score (nSPS) is 31.7. The van der Waals surface area contributed by atoms with Gasteiger partial charge in [-0.3, -0.25) is 0 Å². The Bertz CT molecular complexity index is 221. The first-order valence-corrected chi connectivity index (χ1v) is 5.86. The maximum Gasteiger partial charge on any atom is 0.169 e. The molecule has 1 heterocycles. The van der Waals surface area contributed by atoms with E-state index in [0.29, 0.717) is 13.0 Å². The van der Waals surface area contributed by atoms with Gasteiger partial charge in [0.15, 0.2) is 5.79 Å². The highest BCUT2D eigenvalue weighted by atomic mass is 16.7. The van der Waals surface area contributed by atoms with Crippen molar-refractivity contribution in [2.24, 2.45) is 0 Å². The number of rotatable bonds is 3. The van der Waals surface area contributed by atoms with E-state index in [1.54, 1.807) is 6.08 Å². The molecule has 0 aromatic rings. The maximum atomic E-state index is 9.79. The van der Waals surface area contributed by atoms with Crippen LogP contribution >= 0.6 is 0 Å². The molecule has 0 unspecified atom stereocenters. The van der Waals surface area contributed by atoms with Gasteiger partial charge in [-0.05, 0) is 19.3 Å². The fourth-order valence-corrected chi connectivity index (χ4v) is 2.44. The third kappa shape index (κ3) is 2.41. The van der Waals surface area contributed by atoms with E-state index in [9.17, 15) is 5.11 Å². The predicted octanol–water partition coefficient (Wildman–Crippen LogP) is 2.00. The molecule has 3 nitrogen and oxygen atoms in total. The molecule has 15 heavy (non-hydrogen) atoms. The number of hydrogen-bond donors (Lipinski definition) is 1. The summed E-state index contributed by atoms with van der Waals surface area (Å²) in [6, 6.07) is 0. The molecule has 1 saturated carbocycles. The highest BCUT2D eigenvalue weighted by Crippen LogP contribution is 2.38. The van der Waals surface area contributed by atoms with Crippen molar-refractivity contribution >= 4 is 0 Å². The average Bonchev–Trinajstić information content (AvgIpc) is 2.64. The Morgan fingerprint density at radius 1 is 1.40 bits per heavy atom. The Morgan fingerprint density at radius 3 is 2.80 bits per heavy atom. The van der Waals surface area contributed by atoms with Gasteiger partial charge in [-0.25, -0.2) is 0 Å². The van der Waals surface area contributed by atoms with Crippen molar-refractivity contribution in [3.8, 4) is 0 Å². The van der Waals surface area contributed by atoms with Crippen LogP contribution in [0.1, 0.15) is 38.5 Å². The third-order valence-corrected chi connectivity index (χ3v) is 3.33. The predicted molar refractivity (Wildman–Crippen MR) is 57.5 cm³/mol. The lowest BCUT2D eigenvalue weighted by Crippen LogP contribution is -2.35. The number of hydrogen-bond acceptors (Lipinski definition) is 3. The van der Waals surface area contributed by atoms with Crippen LogP contribution < -0.4 is 0 Å². The smallest absolute Gasteiger partial charge is 0.169 e. The van der Waals surface area contributed by atoms with E-state index in [1.807, 2.05) is 0 Å². The zero-order valence-electron chi connectivity index (χ0n) is 9.15. The van der Waals surface area contributed by atoms with Gasteiger partial charge in [0.2, 0.25) is 0 Å². The standard InChI is InChI=1S/C12H20O3/c1-2-6-10(13)11-9-14-12(15-11)7-4-3-5-8-12/h2,10-11,13H,1,3-9H2/t10-,11+/m0/s1. The fourth-order valence-electron chi connectivity index (χ4n) is 2.44. The van der Waals surface area contributed by atoms with E-state index in [2.05, 4.69) is 6.58 Å². The van der Waals surface area contributed by atoms with Crippen LogP contribution in [0.5, 0.6) is 0 Å². The third-order valence-electron chi connectivity index (χ3n) is 3.33. The molecule has 1 N–H and O–H groups in total. The van der Waals surface area contributed by atoms with Crippen molar-refractivity contribution in [2.45, 2.75) is 56.5 Å². The minimum absolute atomic E-state index is 0.166. The van der Waals surface area contributed by atoms with Gasteiger partial charge in [-0.1, -0.05) is 12.5 Å². The van der Waals surface area contributed by atoms with E-state index >= 15 is 0 Å². The molecule has 1 aliphatic heterocycles. The summed E-state index contributed by atoms with van der Waals surface area (Å²) >= 11 is 0. The Labute approximate surface area is 91.1 Å². The van der Waals surface area contributed by atoms with Gasteiger partial charge in [0.1, 0.15) is 6.10 Å². The molecule has 0 radical (unpaired) electrons. The minimum atomic E-state index is -0.469. The van der Waals surface area contributed by atoms with Gasteiger partial charge < -0.3 is 14.6 Å². The molecule has 0 bridgehead atoms. The van der Waals surface area contributed by atoms with Crippen molar-refractivity contribution in [1.29, 1.82) is 0 Å². The molecule has 0 aromatic heterocycles. The van der Waals surface area contributed by atoms with Crippen LogP contribution in [0.4, 0.5) is 0 Å². The Morgan fingerprint density at radius 2 is 2.13 bits per heavy atom. The first kappa shape index (κ1) is 11.1. The van der Waals surface area contributed by atoms with Crippen LogP contribution in [0.15, 0.2) is 12.7 Å². The first-order valence-electron chi connectivity index (χ1n) is 5.86. The van der Waals surface area contributed by atoms with Gasteiger partial charge in [0.25, 0.3) is 0 Å². The monoisotopic (exact) mass is 212 g/mol. The topological polar surface area (TPSA) is 38.7 Å². The van der Waals surface area contributed by atoms with E-state index in [-0.39, 0.29) is 11.9 Å². The Hall–Kier alpha value is -0.380. The summed E-state index contributed by atoms with van der Waals surface area (Å²) in [4.78, 5) is 0. The molecule has 1 aliphatic carbocycles. The first-order chi connectivity index (χ1) is 7.26. The molecule has 3 heteroatoms. The maximum absolute atomic E-state index is 9.79. The fraction of sp³-hybridized carbons (Fsp3) is 0.833. The van der Waals surface area contributed by atoms with Crippen molar-refractivity contribution < 1.29 is 14.6 Å². The lowest BCUT2D eigenvalue weighted by atomic mass is 9.94. The summed E-state index contributed by atoms with van der Waals surface area (Å²) in [5.41, 5.74) is 0.